The molecule has 0 fully saturated rings. The number of para-hydroxylation sites is 1. The number of hydrogen-bond acceptors (Lipinski definition) is 4. The second-order valence-corrected chi connectivity index (χ2v) is 9.47. The third kappa shape index (κ3) is 4.52. The molecule has 5 aromatic rings. The van der Waals surface area contributed by atoms with Gasteiger partial charge in [-0.2, -0.15) is 0 Å². The molecule has 0 atom stereocenters. The van der Waals surface area contributed by atoms with E-state index in [4.69, 9.17) is 34.8 Å². The lowest BCUT2D eigenvalue weighted by molar-refractivity contribution is -0.113. The summed E-state index contributed by atoms with van der Waals surface area (Å²) in [6.07, 6.45) is 1.91. The summed E-state index contributed by atoms with van der Waals surface area (Å²) in [6.45, 7) is 0. The van der Waals surface area contributed by atoms with E-state index in [1.807, 2.05) is 47.2 Å². The van der Waals surface area contributed by atoms with E-state index >= 15 is 0 Å². The van der Waals surface area contributed by atoms with Crippen molar-refractivity contribution in [3.63, 3.8) is 0 Å². The first-order valence-electron chi connectivity index (χ1n) is 10.2. The van der Waals surface area contributed by atoms with Gasteiger partial charge in [0.25, 0.3) is 0 Å². The van der Waals surface area contributed by atoms with Crippen molar-refractivity contribution in [1.82, 2.24) is 19.7 Å². The Hall–Kier alpha value is -2.97. The third-order valence-corrected chi connectivity index (χ3v) is 7.11. The van der Waals surface area contributed by atoms with Gasteiger partial charge in [0.05, 0.1) is 21.5 Å². The minimum Gasteiger partial charge on any atom is -0.360 e. The summed E-state index contributed by atoms with van der Waals surface area (Å²) < 4.78 is 1.91. The molecule has 0 bridgehead atoms. The Balaban J connectivity index is 1.47. The molecule has 1 amide bonds. The summed E-state index contributed by atoms with van der Waals surface area (Å²) in [5, 5.41) is 14.5. The molecule has 0 saturated heterocycles. The van der Waals surface area contributed by atoms with E-state index in [1.54, 1.807) is 30.3 Å². The van der Waals surface area contributed by atoms with Gasteiger partial charge in [-0.3, -0.25) is 9.36 Å². The number of aromatic nitrogens is 4. The van der Waals surface area contributed by atoms with Crippen LogP contribution in [-0.2, 0) is 4.79 Å². The lowest BCUT2D eigenvalue weighted by atomic mass is 10.1. The number of benzene rings is 3. The first-order valence-corrected chi connectivity index (χ1v) is 12.3. The molecule has 6 nitrogen and oxygen atoms in total. The largest absolute Gasteiger partial charge is 0.360 e. The number of thioether (sulfide) groups is 1. The zero-order valence-corrected chi connectivity index (χ0v) is 20.5. The summed E-state index contributed by atoms with van der Waals surface area (Å²) in [6, 6.07) is 20.4. The minimum atomic E-state index is -0.242. The quantitative estimate of drug-likeness (QED) is 0.230. The number of anilines is 1. The summed E-state index contributed by atoms with van der Waals surface area (Å²) in [5.74, 6) is 0.511. The molecule has 2 aromatic heterocycles. The number of nitrogens with zero attached hydrogens (tertiary/aromatic N) is 3. The number of carbonyl (C=O) groups excluding carboxylic acids is 1. The second kappa shape index (κ2) is 9.72. The van der Waals surface area contributed by atoms with Crippen molar-refractivity contribution >= 4 is 69.1 Å². The Bertz CT molecular complexity index is 1500. The average molecular weight is 529 g/mol. The van der Waals surface area contributed by atoms with Crippen LogP contribution in [-0.4, -0.2) is 31.4 Å². The number of amides is 1. The van der Waals surface area contributed by atoms with Crippen molar-refractivity contribution in [1.29, 1.82) is 0 Å². The fourth-order valence-electron chi connectivity index (χ4n) is 3.53. The van der Waals surface area contributed by atoms with Gasteiger partial charge in [0.15, 0.2) is 11.0 Å². The van der Waals surface area contributed by atoms with E-state index in [0.717, 1.165) is 22.2 Å². The maximum atomic E-state index is 12.6. The van der Waals surface area contributed by atoms with Gasteiger partial charge in [-0.05, 0) is 42.5 Å². The van der Waals surface area contributed by atoms with Crippen LogP contribution in [0.1, 0.15) is 0 Å². The van der Waals surface area contributed by atoms with Crippen LogP contribution in [0.5, 0.6) is 0 Å². The Morgan fingerprint density at radius 2 is 1.76 bits per heavy atom. The SMILES string of the molecule is O=C(CSc1nnc(-c2c[nH]c3ccccc23)n1-c1ccc(Cl)cc1)Nc1cccc(Cl)c1Cl. The normalized spacial score (nSPS) is 11.1. The zero-order chi connectivity index (χ0) is 23.7. The highest BCUT2D eigenvalue weighted by molar-refractivity contribution is 7.99. The smallest absolute Gasteiger partial charge is 0.234 e. The molecule has 3 aromatic carbocycles. The predicted octanol–water partition coefficient (Wildman–Crippen LogP) is 7.11. The molecule has 0 aliphatic rings. The van der Waals surface area contributed by atoms with Gasteiger partial charge >= 0.3 is 0 Å². The summed E-state index contributed by atoms with van der Waals surface area (Å²) >= 11 is 19.6. The fourth-order valence-corrected chi connectivity index (χ4v) is 4.76. The molecule has 0 unspecified atom stereocenters. The molecule has 34 heavy (non-hydrogen) atoms. The van der Waals surface area contributed by atoms with Gasteiger partial charge in [-0.1, -0.05) is 70.8 Å². The fraction of sp³-hybridized carbons (Fsp3) is 0.0417. The molecule has 10 heteroatoms. The number of carbonyl (C=O) groups is 1. The van der Waals surface area contributed by atoms with E-state index < -0.39 is 0 Å². The van der Waals surface area contributed by atoms with Crippen LogP contribution in [0.2, 0.25) is 15.1 Å². The van der Waals surface area contributed by atoms with Crippen molar-refractivity contribution in [2.45, 2.75) is 5.16 Å². The van der Waals surface area contributed by atoms with Gasteiger partial charge in [-0.15, -0.1) is 10.2 Å². The standard InChI is InChI=1S/C24H16Cl3N5OS/c25-14-8-10-15(11-9-14)32-23(17-12-28-19-6-2-1-4-16(17)19)30-31-24(32)34-13-21(33)29-20-7-3-5-18(26)22(20)27/h1-12,28H,13H2,(H,29,33). The molecular formula is C24H16Cl3N5OS. The molecule has 2 N–H and O–H groups in total. The summed E-state index contributed by atoms with van der Waals surface area (Å²) in [5.41, 5.74) is 3.18. The lowest BCUT2D eigenvalue weighted by Crippen LogP contribution is -2.15. The Labute approximate surface area is 214 Å². The van der Waals surface area contributed by atoms with Crippen LogP contribution >= 0.6 is 46.6 Å². The molecule has 2 heterocycles. The first-order chi connectivity index (χ1) is 16.5. The van der Waals surface area contributed by atoms with Crippen molar-refractivity contribution in [3.8, 4) is 17.1 Å². The topological polar surface area (TPSA) is 75.6 Å². The maximum Gasteiger partial charge on any atom is 0.234 e. The van der Waals surface area contributed by atoms with Crippen LogP contribution in [0.3, 0.4) is 0 Å². The number of halogens is 3. The van der Waals surface area contributed by atoms with Crippen molar-refractivity contribution in [3.05, 3.63) is 88.0 Å². The van der Waals surface area contributed by atoms with Crippen LogP contribution < -0.4 is 5.32 Å². The molecule has 170 valence electrons. The number of rotatable bonds is 6. The van der Waals surface area contributed by atoms with Crippen LogP contribution in [0.25, 0.3) is 28.0 Å². The maximum absolute atomic E-state index is 12.6. The van der Waals surface area contributed by atoms with E-state index in [0.29, 0.717) is 31.7 Å². The highest BCUT2D eigenvalue weighted by atomic mass is 35.5. The Kier molecular flexibility index (Phi) is 6.52. The Morgan fingerprint density at radius 1 is 0.971 bits per heavy atom. The third-order valence-electron chi connectivity index (χ3n) is 5.11. The summed E-state index contributed by atoms with van der Waals surface area (Å²) in [4.78, 5) is 15.9. The highest BCUT2D eigenvalue weighted by Gasteiger charge is 2.20. The second-order valence-electron chi connectivity index (χ2n) is 7.30. The van der Waals surface area contributed by atoms with E-state index in [2.05, 4.69) is 20.5 Å². The number of nitrogens with one attached hydrogen (secondary N) is 2. The molecular weight excluding hydrogens is 513 g/mol. The van der Waals surface area contributed by atoms with Gasteiger partial charge in [-0.25, -0.2) is 0 Å². The van der Waals surface area contributed by atoms with Gasteiger partial charge in [0.2, 0.25) is 5.91 Å². The monoisotopic (exact) mass is 527 g/mol. The minimum absolute atomic E-state index is 0.0997. The highest BCUT2D eigenvalue weighted by Crippen LogP contribution is 2.33. The number of H-pyrrole nitrogens is 1. The molecule has 0 aliphatic carbocycles. The number of fused-ring (bicyclic) bond motifs is 1. The molecule has 0 spiro atoms. The zero-order valence-electron chi connectivity index (χ0n) is 17.4. The molecule has 0 aliphatic heterocycles. The van der Waals surface area contributed by atoms with Gasteiger partial charge < -0.3 is 10.3 Å². The summed E-state index contributed by atoms with van der Waals surface area (Å²) in [7, 11) is 0. The Morgan fingerprint density at radius 3 is 2.59 bits per heavy atom. The predicted molar refractivity (Wildman–Crippen MR) is 139 cm³/mol. The van der Waals surface area contributed by atoms with Crippen LogP contribution in [0, 0.1) is 0 Å². The van der Waals surface area contributed by atoms with E-state index in [-0.39, 0.29) is 11.7 Å². The van der Waals surface area contributed by atoms with E-state index in [9.17, 15) is 4.79 Å². The van der Waals surface area contributed by atoms with Crippen molar-refractivity contribution in [2.24, 2.45) is 0 Å². The van der Waals surface area contributed by atoms with Crippen LogP contribution in [0.4, 0.5) is 5.69 Å². The van der Waals surface area contributed by atoms with Gasteiger partial charge in [0, 0.05) is 33.4 Å². The van der Waals surface area contributed by atoms with Crippen molar-refractivity contribution in [2.75, 3.05) is 11.1 Å². The molecule has 5 rings (SSSR count). The number of aromatic amines is 1. The first kappa shape index (κ1) is 22.8. The number of hydrogen-bond donors (Lipinski definition) is 2. The molecule has 0 radical (unpaired) electrons. The molecule has 0 saturated carbocycles. The lowest BCUT2D eigenvalue weighted by Gasteiger charge is -2.11. The van der Waals surface area contributed by atoms with Gasteiger partial charge in [0.1, 0.15) is 0 Å². The van der Waals surface area contributed by atoms with Crippen molar-refractivity contribution < 1.29 is 4.79 Å². The average Bonchev–Trinajstić information content (AvgIpc) is 3.45. The van der Waals surface area contributed by atoms with Crippen LogP contribution in [0.15, 0.2) is 78.1 Å². The van der Waals surface area contributed by atoms with E-state index in [1.165, 1.54) is 11.8 Å².